The molecule has 114 valence electrons. The molecule has 0 unspecified atom stereocenters. The fourth-order valence-electron chi connectivity index (χ4n) is 2.92. The maximum absolute atomic E-state index is 9.63. The highest BCUT2D eigenvalue weighted by Crippen LogP contribution is 2.35. The smallest absolute Gasteiger partial charge is 0.185 e. The molecule has 0 atom stereocenters. The topological polar surface area (TPSA) is 49.8 Å². The van der Waals surface area contributed by atoms with Crippen LogP contribution in [-0.4, -0.2) is 5.16 Å². The van der Waals surface area contributed by atoms with Crippen LogP contribution in [0.2, 0.25) is 5.02 Å². The summed E-state index contributed by atoms with van der Waals surface area (Å²) in [5, 5.41) is 14.4. The third-order valence-corrected chi connectivity index (χ3v) is 4.08. The SMILES string of the molecule is Cc1cc(C)c(-c2noc(-c3ccc(Cl)cc3)c2C#N)c(C)c1. The predicted octanol–water partition coefficient (Wildman–Crippen LogP) is 5.46. The van der Waals surface area contributed by atoms with Crippen LogP contribution < -0.4 is 0 Å². The number of hydrogen-bond donors (Lipinski definition) is 0. The van der Waals surface area contributed by atoms with Gasteiger partial charge in [-0.1, -0.05) is 34.5 Å². The fourth-order valence-corrected chi connectivity index (χ4v) is 3.04. The number of nitriles is 1. The summed E-state index contributed by atoms with van der Waals surface area (Å²) >= 11 is 5.92. The molecule has 4 heteroatoms. The Balaban J connectivity index is 2.21. The van der Waals surface area contributed by atoms with Crippen LogP contribution >= 0.6 is 11.6 Å². The van der Waals surface area contributed by atoms with Crippen molar-refractivity contribution in [1.82, 2.24) is 5.16 Å². The van der Waals surface area contributed by atoms with E-state index in [0.29, 0.717) is 22.0 Å². The Morgan fingerprint density at radius 3 is 2.22 bits per heavy atom. The Morgan fingerprint density at radius 2 is 1.65 bits per heavy atom. The van der Waals surface area contributed by atoms with Gasteiger partial charge in [-0.15, -0.1) is 0 Å². The first-order valence-corrected chi connectivity index (χ1v) is 7.63. The molecule has 2 aromatic carbocycles. The van der Waals surface area contributed by atoms with Gasteiger partial charge < -0.3 is 4.52 Å². The quantitative estimate of drug-likeness (QED) is 0.629. The van der Waals surface area contributed by atoms with E-state index in [1.54, 1.807) is 12.1 Å². The van der Waals surface area contributed by atoms with E-state index < -0.39 is 0 Å². The summed E-state index contributed by atoms with van der Waals surface area (Å²) in [5.74, 6) is 0.471. The van der Waals surface area contributed by atoms with Crippen LogP contribution in [0.25, 0.3) is 22.6 Å². The summed E-state index contributed by atoms with van der Waals surface area (Å²) in [6.07, 6.45) is 0. The third kappa shape index (κ3) is 2.74. The normalized spacial score (nSPS) is 10.6. The molecule has 1 aromatic heterocycles. The van der Waals surface area contributed by atoms with Gasteiger partial charge >= 0.3 is 0 Å². The van der Waals surface area contributed by atoms with Crippen molar-refractivity contribution < 1.29 is 4.52 Å². The van der Waals surface area contributed by atoms with Gasteiger partial charge in [-0.3, -0.25) is 0 Å². The number of aromatic nitrogens is 1. The molecule has 0 N–H and O–H groups in total. The number of aryl methyl sites for hydroxylation is 3. The first-order chi connectivity index (χ1) is 11.0. The van der Waals surface area contributed by atoms with Gasteiger partial charge in [-0.05, 0) is 56.2 Å². The Hall–Kier alpha value is -2.57. The number of hydrogen-bond acceptors (Lipinski definition) is 3. The number of benzene rings is 2. The average molecular weight is 323 g/mol. The van der Waals surface area contributed by atoms with Crippen LogP contribution in [-0.2, 0) is 0 Å². The molecule has 0 aliphatic carbocycles. The third-order valence-electron chi connectivity index (χ3n) is 3.82. The Bertz CT molecular complexity index is 895. The summed E-state index contributed by atoms with van der Waals surface area (Å²) in [5.41, 5.74) is 6.12. The Morgan fingerprint density at radius 1 is 1.04 bits per heavy atom. The van der Waals surface area contributed by atoms with Gasteiger partial charge in [0.05, 0.1) is 0 Å². The van der Waals surface area contributed by atoms with E-state index in [-0.39, 0.29) is 0 Å². The van der Waals surface area contributed by atoms with Crippen molar-refractivity contribution in [3.8, 4) is 28.7 Å². The Labute approximate surface area is 140 Å². The lowest BCUT2D eigenvalue weighted by Crippen LogP contribution is -1.92. The van der Waals surface area contributed by atoms with Gasteiger partial charge in [0.25, 0.3) is 0 Å². The molecule has 0 saturated carbocycles. The zero-order chi connectivity index (χ0) is 16.6. The lowest BCUT2D eigenvalue weighted by Gasteiger charge is -2.08. The summed E-state index contributed by atoms with van der Waals surface area (Å²) < 4.78 is 5.49. The monoisotopic (exact) mass is 322 g/mol. The molecule has 0 aliphatic rings. The van der Waals surface area contributed by atoms with Crippen LogP contribution in [0.1, 0.15) is 22.3 Å². The van der Waals surface area contributed by atoms with Crippen LogP contribution in [0.15, 0.2) is 40.9 Å². The highest BCUT2D eigenvalue weighted by atomic mass is 35.5. The largest absolute Gasteiger partial charge is 0.354 e. The summed E-state index contributed by atoms with van der Waals surface area (Å²) in [4.78, 5) is 0. The van der Waals surface area contributed by atoms with E-state index in [9.17, 15) is 5.26 Å². The standard InChI is InChI=1S/C19H15ClN2O/c1-11-8-12(2)17(13(3)9-11)18-16(10-21)19(23-22-18)14-4-6-15(20)7-5-14/h4-9H,1-3H3. The van der Waals surface area contributed by atoms with E-state index in [4.69, 9.17) is 16.1 Å². The zero-order valence-corrected chi connectivity index (χ0v) is 13.9. The van der Waals surface area contributed by atoms with Gasteiger partial charge in [0, 0.05) is 16.1 Å². The second kappa shape index (κ2) is 5.91. The van der Waals surface area contributed by atoms with E-state index in [1.165, 1.54) is 5.56 Å². The molecule has 23 heavy (non-hydrogen) atoms. The number of halogens is 1. The van der Waals surface area contributed by atoms with E-state index in [1.807, 2.05) is 26.0 Å². The van der Waals surface area contributed by atoms with E-state index in [2.05, 4.69) is 30.3 Å². The molecule has 0 saturated heterocycles. The summed E-state index contributed by atoms with van der Waals surface area (Å²) in [7, 11) is 0. The van der Waals surface area contributed by atoms with Crippen molar-refractivity contribution in [2.45, 2.75) is 20.8 Å². The van der Waals surface area contributed by atoms with E-state index in [0.717, 1.165) is 22.3 Å². The zero-order valence-electron chi connectivity index (χ0n) is 13.1. The predicted molar refractivity (Wildman–Crippen MR) is 91.3 cm³/mol. The first kappa shape index (κ1) is 15.3. The minimum absolute atomic E-state index is 0.447. The molecule has 0 amide bonds. The van der Waals surface area contributed by atoms with Crippen molar-refractivity contribution in [3.63, 3.8) is 0 Å². The molecule has 3 nitrogen and oxygen atoms in total. The van der Waals surface area contributed by atoms with Crippen molar-refractivity contribution in [2.24, 2.45) is 0 Å². The molecule has 1 heterocycles. The molecular weight excluding hydrogens is 308 g/mol. The van der Waals surface area contributed by atoms with Crippen LogP contribution in [0.4, 0.5) is 0 Å². The lowest BCUT2D eigenvalue weighted by molar-refractivity contribution is 0.434. The lowest BCUT2D eigenvalue weighted by atomic mass is 9.94. The molecule has 0 bridgehead atoms. The van der Waals surface area contributed by atoms with Gasteiger partial charge in [0.1, 0.15) is 17.3 Å². The second-order valence-electron chi connectivity index (χ2n) is 5.63. The highest BCUT2D eigenvalue weighted by molar-refractivity contribution is 6.30. The summed E-state index contributed by atoms with van der Waals surface area (Å²) in [6.45, 7) is 6.09. The number of rotatable bonds is 2. The molecule has 0 fully saturated rings. The number of nitrogens with zero attached hydrogens (tertiary/aromatic N) is 2. The van der Waals surface area contributed by atoms with Crippen LogP contribution in [0, 0.1) is 32.1 Å². The Kier molecular flexibility index (Phi) is 3.94. The van der Waals surface area contributed by atoms with Gasteiger partial charge in [0.2, 0.25) is 0 Å². The molecule has 0 radical (unpaired) electrons. The van der Waals surface area contributed by atoms with Crippen LogP contribution in [0.3, 0.4) is 0 Å². The fraction of sp³-hybridized carbons (Fsp3) is 0.158. The van der Waals surface area contributed by atoms with Gasteiger partial charge in [0.15, 0.2) is 5.76 Å². The average Bonchev–Trinajstić information content (AvgIpc) is 2.90. The minimum Gasteiger partial charge on any atom is -0.354 e. The molecule has 3 rings (SSSR count). The van der Waals surface area contributed by atoms with Crippen molar-refractivity contribution in [1.29, 1.82) is 5.26 Å². The molecule has 3 aromatic rings. The molecule has 0 aliphatic heterocycles. The van der Waals surface area contributed by atoms with Crippen molar-refractivity contribution >= 4 is 11.6 Å². The van der Waals surface area contributed by atoms with Crippen molar-refractivity contribution in [2.75, 3.05) is 0 Å². The second-order valence-corrected chi connectivity index (χ2v) is 6.06. The maximum atomic E-state index is 9.63. The molecular formula is C19H15ClN2O. The minimum atomic E-state index is 0.447. The van der Waals surface area contributed by atoms with E-state index >= 15 is 0 Å². The highest BCUT2D eigenvalue weighted by Gasteiger charge is 2.21. The van der Waals surface area contributed by atoms with Crippen molar-refractivity contribution in [3.05, 3.63) is 63.7 Å². The van der Waals surface area contributed by atoms with Crippen LogP contribution in [0.5, 0.6) is 0 Å². The van der Waals surface area contributed by atoms with Gasteiger partial charge in [-0.25, -0.2) is 0 Å². The molecule has 0 spiro atoms. The first-order valence-electron chi connectivity index (χ1n) is 7.25. The summed E-state index contributed by atoms with van der Waals surface area (Å²) in [6, 6.07) is 13.6. The maximum Gasteiger partial charge on any atom is 0.185 e. The van der Waals surface area contributed by atoms with Gasteiger partial charge in [-0.2, -0.15) is 5.26 Å².